The first-order valence-electron chi connectivity index (χ1n) is 5.60. The summed E-state index contributed by atoms with van der Waals surface area (Å²) >= 11 is 0. The Morgan fingerprint density at radius 2 is 2.11 bits per heavy atom. The minimum Gasteiger partial charge on any atom is -0.534 e. The highest BCUT2D eigenvalue weighted by Crippen LogP contribution is 2.29. The van der Waals surface area contributed by atoms with E-state index >= 15 is 0 Å². The molecule has 1 aliphatic rings. The van der Waals surface area contributed by atoms with Crippen molar-refractivity contribution in [1.82, 2.24) is 0 Å². The molecule has 0 spiro atoms. The van der Waals surface area contributed by atoms with E-state index in [2.05, 4.69) is 6.58 Å². The van der Waals surface area contributed by atoms with Gasteiger partial charge in [-0.15, -0.1) is 0 Å². The number of nitro groups is 1. The Labute approximate surface area is 106 Å². The van der Waals surface area contributed by atoms with E-state index in [1.807, 2.05) is 20.8 Å². The molecule has 2 rings (SSSR count). The van der Waals surface area contributed by atoms with Crippen LogP contribution in [0.1, 0.15) is 19.4 Å². The third-order valence-electron chi connectivity index (χ3n) is 3.05. The molecule has 1 aromatic rings. The molecule has 0 atom stereocenters. The molecule has 94 valence electrons. The minimum atomic E-state index is -0.632. The summed E-state index contributed by atoms with van der Waals surface area (Å²) in [5.41, 5.74) is 0.993. The predicted molar refractivity (Wildman–Crippen MR) is 68.6 cm³/mol. The third-order valence-corrected chi connectivity index (χ3v) is 3.05. The summed E-state index contributed by atoms with van der Waals surface area (Å²) in [6.45, 7) is 9.35. The lowest BCUT2D eigenvalue weighted by Crippen LogP contribution is -2.36. The molecule has 1 saturated heterocycles. The SMILES string of the molecule is C=C1OB(c2cc([N+](=O)[O-])ccc2C)OC1(C)C. The van der Waals surface area contributed by atoms with Gasteiger partial charge in [0.05, 0.1) is 10.7 Å². The topological polar surface area (TPSA) is 61.6 Å². The van der Waals surface area contributed by atoms with E-state index in [1.165, 1.54) is 12.1 Å². The quantitative estimate of drug-likeness (QED) is 0.455. The van der Waals surface area contributed by atoms with Gasteiger partial charge in [-0.3, -0.25) is 10.1 Å². The van der Waals surface area contributed by atoms with E-state index in [4.69, 9.17) is 9.31 Å². The molecule has 0 amide bonds. The molecule has 0 radical (unpaired) electrons. The van der Waals surface area contributed by atoms with Crippen LogP contribution < -0.4 is 5.46 Å². The Balaban J connectivity index is 2.37. The summed E-state index contributed by atoms with van der Waals surface area (Å²) < 4.78 is 11.3. The molecular weight excluding hydrogens is 233 g/mol. The van der Waals surface area contributed by atoms with Crippen LogP contribution >= 0.6 is 0 Å². The maximum absolute atomic E-state index is 10.8. The van der Waals surface area contributed by atoms with Gasteiger partial charge in [0.25, 0.3) is 5.69 Å². The number of hydrogen-bond acceptors (Lipinski definition) is 4. The zero-order valence-corrected chi connectivity index (χ0v) is 10.6. The summed E-state index contributed by atoms with van der Waals surface area (Å²) in [5.74, 6) is 0.526. The number of non-ortho nitro benzene ring substituents is 1. The van der Waals surface area contributed by atoms with Crippen molar-refractivity contribution in [3.05, 3.63) is 46.2 Å². The fourth-order valence-corrected chi connectivity index (χ4v) is 1.75. The van der Waals surface area contributed by atoms with Gasteiger partial charge in [0.15, 0.2) is 0 Å². The highest BCUT2D eigenvalue weighted by Gasteiger charge is 2.43. The predicted octanol–water partition coefficient (Wildman–Crippen LogP) is 1.94. The van der Waals surface area contributed by atoms with E-state index in [1.54, 1.807) is 6.07 Å². The fraction of sp³-hybridized carbons (Fsp3) is 0.333. The average molecular weight is 247 g/mol. The lowest BCUT2D eigenvalue weighted by Gasteiger charge is -2.15. The first-order chi connectivity index (χ1) is 8.31. The molecule has 5 nitrogen and oxygen atoms in total. The van der Waals surface area contributed by atoms with E-state index in [0.29, 0.717) is 11.2 Å². The van der Waals surface area contributed by atoms with Crippen molar-refractivity contribution in [2.75, 3.05) is 0 Å². The number of hydrogen-bond donors (Lipinski definition) is 0. The maximum atomic E-state index is 10.8. The summed E-state index contributed by atoms with van der Waals surface area (Å²) in [6, 6.07) is 4.64. The number of rotatable bonds is 2. The molecule has 0 aromatic heterocycles. The fourth-order valence-electron chi connectivity index (χ4n) is 1.75. The molecule has 0 N–H and O–H groups in total. The van der Waals surface area contributed by atoms with Crippen LogP contribution in [0.3, 0.4) is 0 Å². The van der Waals surface area contributed by atoms with Gasteiger partial charge in [-0.2, -0.15) is 0 Å². The second-order valence-corrected chi connectivity index (χ2v) is 4.80. The monoisotopic (exact) mass is 247 g/mol. The maximum Gasteiger partial charge on any atom is 0.563 e. The molecule has 1 fully saturated rings. The zero-order valence-electron chi connectivity index (χ0n) is 10.6. The second kappa shape index (κ2) is 4.13. The Morgan fingerprint density at radius 3 is 2.61 bits per heavy atom. The van der Waals surface area contributed by atoms with Crippen molar-refractivity contribution in [2.45, 2.75) is 26.4 Å². The van der Waals surface area contributed by atoms with Crippen LogP contribution in [0.5, 0.6) is 0 Å². The largest absolute Gasteiger partial charge is 0.563 e. The molecule has 1 heterocycles. The minimum absolute atomic E-state index is 0.0260. The Bertz CT molecular complexity index is 527. The first kappa shape index (κ1) is 12.6. The van der Waals surface area contributed by atoms with E-state index < -0.39 is 17.6 Å². The van der Waals surface area contributed by atoms with Gasteiger partial charge < -0.3 is 9.31 Å². The Morgan fingerprint density at radius 1 is 1.44 bits per heavy atom. The number of aryl methyl sites for hydroxylation is 1. The summed E-state index contributed by atoms with van der Waals surface area (Å²) in [5, 5.41) is 10.8. The molecule has 0 unspecified atom stereocenters. The smallest absolute Gasteiger partial charge is 0.534 e. The summed E-state index contributed by atoms with van der Waals surface area (Å²) in [4.78, 5) is 10.3. The molecule has 18 heavy (non-hydrogen) atoms. The van der Waals surface area contributed by atoms with Crippen molar-refractivity contribution in [1.29, 1.82) is 0 Å². The summed E-state index contributed by atoms with van der Waals surface area (Å²) in [7, 11) is -0.632. The van der Waals surface area contributed by atoms with E-state index in [0.717, 1.165) is 5.56 Å². The molecule has 1 aromatic carbocycles. The molecule has 0 saturated carbocycles. The number of nitro benzene ring substituents is 1. The molecule has 1 aliphatic heterocycles. The Kier molecular flexibility index (Phi) is 2.90. The van der Waals surface area contributed by atoms with Gasteiger partial charge in [0.2, 0.25) is 0 Å². The number of nitrogens with zero attached hydrogens (tertiary/aromatic N) is 1. The number of benzene rings is 1. The van der Waals surface area contributed by atoms with Crippen molar-refractivity contribution in [3.8, 4) is 0 Å². The standard InChI is InChI=1S/C12H14BNO4/c1-8-5-6-10(14(15)16)7-11(8)13-17-9(2)12(3,4)18-13/h5-7H,2H2,1,3-4H3. The molecule has 6 heteroatoms. The highest BCUT2D eigenvalue weighted by atomic mass is 16.7. The first-order valence-corrected chi connectivity index (χ1v) is 5.60. The van der Waals surface area contributed by atoms with Gasteiger partial charge in [-0.25, -0.2) is 0 Å². The van der Waals surface area contributed by atoms with Crippen molar-refractivity contribution in [3.63, 3.8) is 0 Å². The zero-order chi connectivity index (χ0) is 13.5. The normalized spacial score (nSPS) is 17.7. The lowest BCUT2D eigenvalue weighted by molar-refractivity contribution is -0.384. The molecule has 0 bridgehead atoms. The van der Waals surface area contributed by atoms with Gasteiger partial charge >= 0.3 is 7.12 Å². The van der Waals surface area contributed by atoms with Crippen LogP contribution in [-0.4, -0.2) is 17.6 Å². The molecule has 0 aliphatic carbocycles. The molecular formula is C12H14BNO4. The Hall–Kier alpha value is -1.82. The van der Waals surface area contributed by atoms with Crippen LogP contribution in [0.25, 0.3) is 0 Å². The van der Waals surface area contributed by atoms with Crippen LogP contribution in [0.4, 0.5) is 5.69 Å². The summed E-state index contributed by atoms with van der Waals surface area (Å²) in [6.07, 6.45) is 0. The van der Waals surface area contributed by atoms with Gasteiger partial charge in [0, 0.05) is 17.6 Å². The highest BCUT2D eigenvalue weighted by molar-refractivity contribution is 6.63. The van der Waals surface area contributed by atoms with E-state index in [9.17, 15) is 10.1 Å². The van der Waals surface area contributed by atoms with Crippen molar-refractivity contribution in [2.24, 2.45) is 0 Å². The van der Waals surface area contributed by atoms with Crippen molar-refractivity contribution >= 4 is 18.3 Å². The van der Waals surface area contributed by atoms with Crippen molar-refractivity contribution < 1.29 is 14.2 Å². The lowest BCUT2D eigenvalue weighted by atomic mass is 9.76. The van der Waals surface area contributed by atoms with Crippen LogP contribution in [0, 0.1) is 17.0 Å². The van der Waals surface area contributed by atoms with Crippen LogP contribution in [-0.2, 0) is 9.31 Å². The second-order valence-electron chi connectivity index (χ2n) is 4.80. The third kappa shape index (κ3) is 2.11. The van der Waals surface area contributed by atoms with Gasteiger partial charge in [-0.1, -0.05) is 12.6 Å². The average Bonchev–Trinajstić information content (AvgIpc) is 2.53. The van der Waals surface area contributed by atoms with E-state index in [-0.39, 0.29) is 5.69 Å². The van der Waals surface area contributed by atoms with Gasteiger partial charge in [-0.05, 0) is 26.3 Å². The van der Waals surface area contributed by atoms with Crippen LogP contribution in [0.15, 0.2) is 30.5 Å². The van der Waals surface area contributed by atoms with Crippen LogP contribution in [0.2, 0.25) is 0 Å². The van der Waals surface area contributed by atoms with Gasteiger partial charge in [0.1, 0.15) is 5.60 Å².